The standard InChI is InChI=1S/C31H38N8O3/c1-21-6-3-7-22-8-4-10-26(27(21)22)37-15-13-33-28-25(19-37)34-30(42-20-24-9-5-14-36(24)2)35-29(28)38-16-17-39(31(40)41)23(18-38)11-12-32/h3-4,6-8,10,23-24,33H,5,9,11,13-20H2,1-2H3,(H,40,41)/t23?,24-/m0/s1. The molecule has 3 aliphatic rings. The summed E-state index contributed by atoms with van der Waals surface area (Å²) >= 11 is 0. The molecule has 1 unspecified atom stereocenters. The van der Waals surface area contributed by atoms with Crippen molar-refractivity contribution in [3.05, 3.63) is 47.7 Å². The number of rotatable bonds is 6. The number of benzene rings is 2. The summed E-state index contributed by atoms with van der Waals surface area (Å²) in [6.07, 6.45) is 1.35. The molecule has 2 saturated heterocycles. The van der Waals surface area contributed by atoms with Gasteiger partial charge in [-0.3, -0.25) is 0 Å². The zero-order valence-corrected chi connectivity index (χ0v) is 24.3. The van der Waals surface area contributed by atoms with Crippen molar-refractivity contribution in [1.82, 2.24) is 19.8 Å². The average Bonchev–Trinajstić information content (AvgIpc) is 3.27. The number of carbonyl (C=O) groups is 1. The fourth-order valence-electron chi connectivity index (χ4n) is 6.55. The molecule has 1 amide bonds. The number of hydrogen-bond acceptors (Lipinski definition) is 9. The molecule has 4 heterocycles. The molecule has 3 aliphatic heterocycles. The van der Waals surface area contributed by atoms with E-state index in [0.717, 1.165) is 37.3 Å². The Labute approximate surface area is 246 Å². The first-order chi connectivity index (χ1) is 20.4. The first kappa shape index (κ1) is 27.8. The predicted octanol–water partition coefficient (Wildman–Crippen LogP) is 3.93. The molecule has 2 fully saturated rings. The fraction of sp³-hybridized carbons (Fsp3) is 0.484. The van der Waals surface area contributed by atoms with Gasteiger partial charge in [0.25, 0.3) is 0 Å². The van der Waals surface area contributed by atoms with Crippen LogP contribution in [0.2, 0.25) is 0 Å². The molecule has 42 heavy (non-hydrogen) atoms. The summed E-state index contributed by atoms with van der Waals surface area (Å²) in [6, 6.07) is 15.2. The van der Waals surface area contributed by atoms with Crippen molar-refractivity contribution in [2.75, 3.05) is 68.0 Å². The van der Waals surface area contributed by atoms with Gasteiger partial charge in [0.2, 0.25) is 0 Å². The van der Waals surface area contributed by atoms with Crippen LogP contribution < -0.4 is 19.9 Å². The number of piperazine rings is 1. The van der Waals surface area contributed by atoms with E-state index in [-0.39, 0.29) is 6.42 Å². The maximum atomic E-state index is 11.9. The monoisotopic (exact) mass is 570 g/mol. The molecule has 0 radical (unpaired) electrons. The Morgan fingerprint density at radius 1 is 1.12 bits per heavy atom. The molecule has 2 N–H and O–H groups in total. The van der Waals surface area contributed by atoms with Crippen molar-refractivity contribution in [3.8, 4) is 12.1 Å². The number of anilines is 3. The largest absolute Gasteiger partial charge is 0.465 e. The number of nitrogens with zero attached hydrogens (tertiary/aromatic N) is 7. The van der Waals surface area contributed by atoms with Crippen molar-refractivity contribution in [2.24, 2.45) is 0 Å². The van der Waals surface area contributed by atoms with Crippen LogP contribution in [0.3, 0.4) is 0 Å². The smallest absolute Gasteiger partial charge is 0.407 e. The number of amides is 1. The fourth-order valence-corrected chi connectivity index (χ4v) is 6.55. The minimum absolute atomic E-state index is 0.120. The molecule has 2 atom stereocenters. The highest BCUT2D eigenvalue weighted by molar-refractivity contribution is 5.97. The van der Waals surface area contributed by atoms with Crippen LogP contribution in [0.15, 0.2) is 36.4 Å². The number of likely N-dealkylation sites (N-methyl/N-ethyl adjacent to an activating group) is 1. The van der Waals surface area contributed by atoms with E-state index in [0.29, 0.717) is 57.2 Å². The number of ether oxygens (including phenoxy) is 1. The van der Waals surface area contributed by atoms with Crippen LogP contribution in [0.1, 0.15) is 30.5 Å². The van der Waals surface area contributed by atoms with Gasteiger partial charge in [-0.15, -0.1) is 0 Å². The van der Waals surface area contributed by atoms with Crippen LogP contribution in [0.25, 0.3) is 10.8 Å². The normalized spacial score (nSPS) is 21.0. The Bertz CT molecular complexity index is 1500. The molecular formula is C31H38N8O3. The third-order valence-corrected chi connectivity index (χ3v) is 8.83. The number of carboxylic acid groups (broad SMARTS) is 1. The van der Waals surface area contributed by atoms with E-state index in [9.17, 15) is 15.2 Å². The van der Waals surface area contributed by atoms with Crippen LogP contribution in [-0.4, -0.2) is 96.0 Å². The van der Waals surface area contributed by atoms with Crippen LogP contribution in [-0.2, 0) is 6.54 Å². The first-order valence-corrected chi connectivity index (χ1v) is 14.8. The molecule has 11 heteroatoms. The van der Waals surface area contributed by atoms with Gasteiger partial charge in [-0.25, -0.2) is 4.79 Å². The lowest BCUT2D eigenvalue weighted by molar-refractivity contribution is 0.119. The second-order valence-electron chi connectivity index (χ2n) is 11.5. The minimum atomic E-state index is -1.000. The van der Waals surface area contributed by atoms with Gasteiger partial charge in [0, 0.05) is 49.8 Å². The van der Waals surface area contributed by atoms with Gasteiger partial charge >= 0.3 is 12.1 Å². The molecule has 1 aromatic heterocycles. The van der Waals surface area contributed by atoms with Gasteiger partial charge in [-0.2, -0.15) is 15.2 Å². The summed E-state index contributed by atoms with van der Waals surface area (Å²) in [5, 5.41) is 25.2. The number of nitrogens with one attached hydrogen (secondary N) is 1. The average molecular weight is 571 g/mol. The van der Waals surface area contributed by atoms with E-state index in [1.54, 1.807) is 0 Å². The van der Waals surface area contributed by atoms with Gasteiger partial charge in [-0.05, 0) is 50.4 Å². The van der Waals surface area contributed by atoms with Gasteiger partial charge in [0.05, 0.1) is 30.8 Å². The maximum absolute atomic E-state index is 11.9. The molecule has 0 bridgehead atoms. The molecule has 0 aliphatic carbocycles. The Morgan fingerprint density at radius 2 is 1.95 bits per heavy atom. The highest BCUT2D eigenvalue weighted by Gasteiger charge is 2.34. The summed E-state index contributed by atoms with van der Waals surface area (Å²) in [6.45, 7) is 6.90. The third kappa shape index (κ3) is 5.46. The summed E-state index contributed by atoms with van der Waals surface area (Å²) in [4.78, 5) is 29.9. The lowest BCUT2D eigenvalue weighted by atomic mass is 10.0. The third-order valence-electron chi connectivity index (χ3n) is 8.83. The zero-order chi connectivity index (χ0) is 29.2. The second-order valence-corrected chi connectivity index (χ2v) is 11.5. The second kappa shape index (κ2) is 11.9. The topological polar surface area (TPSA) is 121 Å². The van der Waals surface area contributed by atoms with E-state index in [4.69, 9.17) is 14.7 Å². The van der Waals surface area contributed by atoms with Gasteiger partial charge < -0.3 is 34.8 Å². The summed E-state index contributed by atoms with van der Waals surface area (Å²) < 4.78 is 6.27. The number of nitriles is 1. The van der Waals surface area contributed by atoms with Crippen molar-refractivity contribution >= 4 is 34.1 Å². The highest BCUT2D eigenvalue weighted by Crippen LogP contribution is 2.36. The molecule has 0 saturated carbocycles. The molecule has 0 spiro atoms. The van der Waals surface area contributed by atoms with E-state index in [1.807, 2.05) is 0 Å². The number of likely N-dealkylation sites (tertiary alicyclic amines) is 1. The van der Waals surface area contributed by atoms with Crippen molar-refractivity contribution in [3.63, 3.8) is 0 Å². The quantitative estimate of drug-likeness (QED) is 0.451. The molecule has 2 aromatic carbocycles. The van der Waals surface area contributed by atoms with Crippen molar-refractivity contribution < 1.29 is 14.6 Å². The van der Waals surface area contributed by atoms with Gasteiger partial charge in [0.1, 0.15) is 12.3 Å². The van der Waals surface area contributed by atoms with Gasteiger partial charge in [0.15, 0.2) is 5.82 Å². The number of fused-ring (bicyclic) bond motifs is 2. The lowest BCUT2D eigenvalue weighted by Crippen LogP contribution is -2.55. The SMILES string of the molecule is Cc1cccc2cccc(N3CCNc4c(nc(OC[C@@H]5CCCN5C)nc4N4CCN(C(=O)O)C(CC#N)C4)C3)c12. The predicted molar refractivity (Wildman–Crippen MR) is 162 cm³/mol. The van der Waals surface area contributed by atoms with E-state index in [2.05, 4.69) is 76.5 Å². The number of aryl methyl sites for hydroxylation is 1. The van der Waals surface area contributed by atoms with Crippen LogP contribution in [0, 0.1) is 18.3 Å². The Balaban J connectivity index is 1.37. The van der Waals surface area contributed by atoms with Crippen molar-refractivity contribution in [1.29, 1.82) is 5.26 Å². The Hall–Kier alpha value is -4.30. The van der Waals surface area contributed by atoms with E-state index < -0.39 is 12.1 Å². The Morgan fingerprint density at radius 3 is 2.71 bits per heavy atom. The Kier molecular flexibility index (Phi) is 7.89. The lowest BCUT2D eigenvalue weighted by Gasteiger charge is -2.40. The zero-order valence-electron chi connectivity index (χ0n) is 24.3. The van der Waals surface area contributed by atoms with E-state index in [1.165, 1.54) is 26.9 Å². The van der Waals surface area contributed by atoms with Crippen molar-refractivity contribution in [2.45, 2.75) is 44.8 Å². The number of aromatic nitrogens is 2. The van der Waals surface area contributed by atoms with Crippen LogP contribution in [0.5, 0.6) is 6.01 Å². The van der Waals surface area contributed by atoms with Crippen LogP contribution >= 0.6 is 0 Å². The molecule has 11 nitrogen and oxygen atoms in total. The minimum Gasteiger partial charge on any atom is -0.465 e. The summed E-state index contributed by atoms with van der Waals surface area (Å²) in [7, 11) is 2.12. The summed E-state index contributed by atoms with van der Waals surface area (Å²) in [5.74, 6) is 0.707. The summed E-state index contributed by atoms with van der Waals surface area (Å²) in [5.41, 5.74) is 4.09. The molecular weight excluding hydrogens is 532 g/mol. The molecule has 3 aromatic rings. The highest BCUT2D eigenvalue weighted by atomic mass is 16.5. The maximum Gasteiger partial charge on any atom is 0.407 e. The van der Waals surface area contributed by atoms with Crippen LogP contribution in [0.4, 0.5) is 22.0 Å². The molecule has 220 valence electrons. The molecule has 6 rings (SSSR count). The van der Waals surface area contributed by atoms with Gasteiger partial charge in [-0.1, -0.05) is 30.3 Å². The number of hydrogen-bond donors (Lipinski definition) is 2. The first-order valence-electron chi connectivity index (χ1n) is 14.8. The van der Waals surface area contributed by atoms with E-state index >= 15 is 0 Å².